The van der Waals surface area contributed by atoms with Gasteiger partial charge in [-0.2, -0.15) is 0 Å². The molecule has 0 unspecified atom stereocenters. The van der Waals surface area contributed by atoms with Crippen LogP contribution in [0.4, 0.5) is 11.4 Å². The molecule has 0 aromatic heterocycles. The third-order valence-corrected chi connectivity index (χ3v) is 6.87. The van der Waals surface area contributed by atoms with Gasteiger partial charge in [-0.3, -0.25) is 19.2 Å². The van der Waals surface area contributed by atoms with E-state index in [1.807, 2.05) is 48.5 Å². The molecule has 36 heavy (non-hydrogen) atoms. The second-order valence-electron chi connectivity index (χ2n) is 8.90. The van der Waals surface area contributed by atoms with E-state index < -0.39 is 23.6 Å². The molecule has 5 aromatic rings. The lowest BCUT2D eigenvalue weighted by atomic mass is 10.0. The first kappa shape index (κ1) is 20.3. The number of fused-ring (bicyclic) bond motifs is 4. The Morgan fingerprint density at radius 1 is 0.361 bits per heavy atom. The molecule has 2 aliphatic rings. The molecule has 0 spiro atoms. The van der Waals surface area contributed by atoms with Crippen LogP contribution in [0.15, 0.2) is 97.1 Å². The Kier molecular flexibility index (Phi) is 4.06. The zero-order valence-corrected chi connectivity index (χ0v) is 18.8. The quantitative estimate of drug-likeness (QED) is 0.316. The van der Waals surface area contributed by atoms with Crippen molar-refractivity contribution in [1.29, 1.82) is 0 Å². The number of imide groups is 2. The summed E-state index contributed by atoms with van der Waals surface area (Å²) in [5.74, 6) is -1.61. The fourth-order valence-corrected chi connectivity index (χ4v) is 5.07. The van der Waals surface area contributed by atoms with E-state index >= 15 is 0 Å². The second-order valence-corrected chi connectivity index (χ2v) is 8.90. The Bertz CT molecular complexity index is 1580. The van der Waals surface area contributed by atoms with E-state index in [2.05, 4.69) is 0 Å². The van der Waals surface area contributed by atoms with Crippen LogP contribution in [0.1, 0.15) is 41.4 Å². The molecule has 0 aliphatic carbocycles. The van der Waals surface area contributed by atoms with E-state index in [4.69, 9.17) is 0 Å². The van der Waals surface area contributed by atoms with Gasteiger partial charge in [0, 0.05) is 0 Å². The average Bonchev–Trinajstić information content (AvgIpc) is 3.29. The molecule has 0 saturated carbocycles. The predicted molar refractivity (Wildman–Crippen MR) is 137 cm³/mol. The molecule has 4 amide bonds. The zero-order valence-electron chi connectivity index (χ0n) is 18.8. The van der Waals surface area contributed by atoms with E-state index in [0.29, 0.717) is 33.6 Å². The maximum atomic E-state index is 13.1. The summed E-state index contributed by atoms with van der Waals surface area (Å²) in [6, 6.07) is 28.4. The molecule has 0 fully saturated rings. The molecule has 0 saturated heterocycles. The fourth-order valence-electron chi connectivity index (χ4n) is 5.07. The van der Waals surface area contributed by atoms with Gasteiger partial charge in [0.05, 0.1) is 33.6 Å². The zero-order chi connectivity index (χ0) is 24.6. The summed E-state index contributed by atoms with van der Waals surface area (Å²) in [4.78, 5) is 54.8. The van der Waals surface area contributed by atoms with Crippen LogP contribution >= 0.6 is 0 Å². The first-order chi connectivity index (χ1) is 17.5. The number of rotatable bonds is 2. The summed E-state index contributed by atoms with van der Waals surface area (Å²) in [6.07, 6.45) is 0. The normalized spacial score (nSPS) is 14.8. The summed E-state index contributed by atoms with van der Waals surface area (Å²) < 4.78 is 0. The molecule has 6 nitrogen and oxygen atoms in total. The molecule has 6 heteroatoms. The van der Waals surface area contributed by atoms with Crippen LogP contribution in [0.3, 0.4) is 0 Å². The maximum Gasteiger partial charge on any atom is 0.266 e. The number of hydrogen-bond donors (Lipinski definition) is 0. The number of carbonyl (C=O) groups excluding carboxylic acids is 4. The van der Waals surface area contributed by atoms with E-state index in [0.717, 1.165) is 31.3 Å². The number of amides is 4. The standard InChI is InChI=1S/C30H16N2O4/c33-27-23-13-17-5-1-2-6-18(17)14-24(23)28(34)31(27)21-9-11-22(12-10-21)32-29(35)25-15-19-7-3-4-8-20(19)16-26(25)30(32)36/h1-16H. The summed E-state index contributed by atoms with van der Waals surface area (Å²) in [7, 11) is 0. The minimum Gasteiger partial charge on any atom is -0.268 e. The third kappa shape index (κ3) is 2.72. The van der Waals surface area contributed by atoms with Gasteiger partial charge in [-0.15, -0.1) is 0 Å². The third-order valence-electron chi connectivity index (χ3n) is 6.87. The van der Waals surface area contributed by atoms with Gasteiger partial charge < -0.3 is 0 Å². The van der Waals surface area contributed by atoms with E-state index in [1.165, 1.54) is 0 Å². The van der Waals surface area contributed by atoms with Gasteiger partial charge in [0.2, 0.25) is 0 Å². The second kappa shape index (κ2) is 7.20. The predicted octanol–water partition coefficient (Wildman–Crippen LogP) is 5.59. The Morgan fingerprint density at radius 2 is 0.611 bits per heavy atom. The number of hydrogen-bond acceptors (Lipinski definition) is 4. The van der Waals surface area contributed by atoms with Gasteiger partial charge in [-0.25, -0.2) is 9.80 Å². The Hall–Kier alpha value is -5.10. The Labute approximate surface area is 205 Å². The van der Waals surface area contributed by atoms with Crippen LogP contribution in [0.2, 0.25) is 0 Å². The van der Waals surface area contributed by atoms with Gasteiger partial charge in [-0.1, -0.05) is 48.5 Å². The van der Waals surface area contributed by atoms with Crippen molar-refractivity contribution < 1.29 is 19.2 Å². The van der Waals surface area contributed by atoms with Gasteiger partial charge in [-0.05, 0) is 70.1 Å². The highest BCUT2D eigenvalue weighted by molar-refractivity contribution is 6.36. The molecule has 2 aliphatic heterocycles. The van der Waals surface area contributed by atoms with Crippen molar-refractivity contribution in [2.75, 3.05) is 9.80 Å². The van der Waals surface area contributed by atoms with Crippen molar-refractivity contribution in [2.45, 2.75) is 0 Å². The monoisotopic (exact) mass is 468 g/mol. The van der Waals surface area contributed by atoms with Crippen LogP contribution in [0, 0.1) is 0 Å². The molecule has 0 radical (unpaired) electrons. The van der Waals surface area contributed by atoms with Crippen LogP contribution < -0.4 is 9.80 Å². The lowest BCUT2D eigenvalue weighted by molar-refractivity contribution is 0.0909. The Balaban J connectivity index is 1.23. The number of anilines is 2. The molecule has 0 atom stereocenters. The van der Waals surface area contributed by atoms with Gasteiger partial charge >= 0.3 is 0 Å². The van der Waals surface area contributed by atoms with Crippen molar-refractivity contribution in [3.05, 3.63) is 119 Å². The lowest BCUT2D eigenvalue weighted by Crippen LogP contribution is -2.30. The van der Waals surface area contributed by atoms with E-state index in [9.17, 15) is 19.2 Å². The van der Waals surface area contributed by atoms with Gasteiger partial charge in [0.15, 0.2) is 0 Å². The Morgan fingerprint density at radius 3 is 0.861 bits per heavy atom. The van der Waals surface area contributed by atoms with E-state index in [-0.39, 0.29) is 0 Å². The van der Waals surface area contributed by atoms with Crippen LogP contribution in [-0.2, 0) is 0 Å². The minimum atomic E-state index is -0.402. The lowest BCUT2D eigenvalue weighted by Gasteiger charge is -2.17. The molecule has 7 rings (SSSR count). The SMILES string of the molecule is O=C1c2cc3ccccc3cc2C(=O)N1c1ccc(N2C(=O)c3cc4ccccc4cc3C2=O)cc1. The van der Waals surface area contributed by atoms with Gasteiger partial charge in [0.25, 0.3) is 23.6 Å². The van der Waals surface area contributed by atoms with Gasteiger partial charge in [0.1, 0.15) is 0 Å². The summed E-state index contributed by atoms with van der Waals surface area (Å²) in [5.41, 5.74) is 2.17. The number of nitrogens with zero attached hydrogens (tertiary/aromatic N) is 2. The van der Waals surface area contributed by atoms with Crippen molar-refractivity contribution in [1.82, 2.24) is 0 Å². The molecular formula is C30H16N2O4. The maximum absolute atomic E-state index is 13.1. The number of benzene rings is 5. The highest BCUT2D eigenvalue weighted by Crippen LogP contribution is 2.35. The topological polar surface area (TPSA) is 74.8 Å². The van der Waals surface area contributed by atoms with Crippen LogP contribution in [0.5, 0.6) is 0 Å². The fraction of sp³-hybridized carbons (Fsp3) is 0. The molecule has 2 heterocycles. The summed E-state index contributed by atoms with van der Waals surface area (Å²) in [6.45, 7) is 0. The van der Waals surface area contributed by atoms with Crippen molar-refractivity contribution in [2.24, 2.45) is 0 Å². The molecule has 0 N–H and O–H groups in total. The first-order valence-corrected chi connectivity index (χ1v) is 11.4. The smallest absolute Gasteiger partial charge is 0.266 e. The molecule has 0 bridgehead atoms. The molecular weight excluding hydrogens is 452 g/mol. The van der Waals surface area contributed by atoms with Crippen LogP contribution in [0.25, 0.3) is 21.5 Å². The summed E-state index contributed by atoms with van der Waals surface area (Å²) in [5, 5.41) is 3.53. The van der Waals surface area contributed by atoms with Crippen molar-refractivity contribution in [3.8, 4) is 0 Å². The summed E-state index contributed by atoms with van der Waals surface area (Å²) >= 11 is 0. The highest BCUT2D eigenvalue weighted by atomic mass is 16.2. The van der Waals surface area contributed by atoms with Crippen molar-refractivity contribution >= 4 is 56.5 Å². The number of carbonyl (C=O) groups is 4. The molecule has 170 valence electrons. The first-order valence-electron chi connectivity index (χ1n) is 11.4. The van der Waals surface area contributed by atoms with Crippen LogP contribution in [-0.4, -0.2) is 23.6 Å². The van der Waals surface area contributed by atoms with Crippen molar-refractivity contribution in [3.63, 3.8) is 0 Å². The largest absolute Gasteiger partial charge is 0.268 e. The average molecular weight is 468 g/mol. The van der Waals surface area contributed by atoms with E-state index in [1.54, 1.807) is 48.5 Å². The molecule has 5 aromatic carbocycles. The highest BCUT2D eigenvalue weighted by Gasteiger charge is 2.39. The minimum absolute atomic E-state index is 0.357.